The Kier molecular flexibility index (Phi) is 4.24. The molecule has 2 aromatic carbocycles. The van der Waals surface area contributed by atoms with Crippen LogP contribution in [0, 0.1) is 0 Å². The van der Waals surface area contributed by atoms with Gasteiger partial charge in [0.05, 0.1) is 16.6 Å². The Morgan fingerprint density at radius 1 is 0.852 bits per heavy atom. The van der Waals surface area contributed by atoms with Crippen LogP contribution in [0.25, 0.3) is 29.0 Å². The lowest BCUT2D eigenvalue weighted by atomic mass is 10.1. The summed E-state index contributed by atoms with van der Waals surface area (Å²) >= 11 is 0. The van der Waals surface area contributed by atoms with Crippen molar-refractivity contribution >= 4 is 23.2 Å². The lowest BCUT2D eigenvalue weighted by Crippen LogP contribution is -2.04. The summed E-state index contributed by atoms with van der Waals surface area (Å²) in [6, 6.07) is 18.3. The summed E-state index contributed by atoms with van der Waals surface area (Å²) in [4.78, 5) is 8.96. The smallest absolute Gasteiger partial charge is 0.277 e. The first-order valence-corrected chi connectivity index (χ1v) is 8.26. The molecule has 0 radical (unpaired) electrons. The van der Waals surface area contributed by atoms with Crippen LogP contribution in [-0.4, -0.2) is 14.5 Å². The Morgan fingerprint density at radius 2 is 1.67 bits per heavy atom. The highest BCUT2D eigenvalue weighted by molar-refractivity contribution is 5.81. The molecular formula is C21H14F3N3. The number of rotatable bonds is 3. The molecule has 3 nitrogen and oxygen atoms in total. The van der Waals surface area contributed by atoms with Crippen molar-refractivity contribution in [3.8, 4) is 5.82 Å². The molecule has 0 aliphatic carbocycles. The monoisotopic (exact) mass is 365 g/mol. The Balaban J connectivity index is 1.80. The third-order valence-corrected chi connectivity index (χ3v) is 4.10. The number of alkyl halides is 3. The van der Waals surface area contributed by atoms with Gasteiger partial charge in [0.25, 0.3) is 0 Å². The zero-order valence-corrected chi connectivity index (χ0v) is 14.1. The van der Waals surface area contributed by atoms with E-state index in [-0.39, 0.29) is 0 Å². The van der Waals surface area contributed by atoms with Gasteiger partial charge in [-0.1, -0.05) is 36.4 Å². The van der Waals surface area contributed by atoms with Crippen molar-refractivity contribution in [2.75, 3.05) is 0 Å². The number of aromatic nitrogens is 3. The summed E-state index contributed by atoms with van der Waals surface area (Å²) in [6.45, 7) is 0. The van der Waals surface area contributed by atoms with Crippen LogP contribution in [0.2, 0.25) is 0 Å². The van der Waals surface area contributed by atoms with E-state index in [1.807, 2.05) is 47.0 Å². The average Bonchev–Trinajstić information content (AvgIpc) is 3.05. The molecule has 0 aliphatic heterocycles. The molecule has 134 valence electrons. The molecule has 0 amide bonds. The summed E-state index contributed by atoms with van der Waals surface area (Å²) in [6.07, 6.45) is 0.634. The minimum Gasteiger partial charge on any atom is -0.277 e. The van der Waals surface area contributed by atoms with Crippen molar-refractivity contribution in [3.05, 3.63) is 89.9 Å². The average molecular weight is 365 g/mol. The van der Waals surface area contributed by atoms with E-state index in [2.05, 4.69) is 9.97 Å². The van der Waals surface area contributed by atoms with Gasteiger partial charge in [-0.05, 0) is 48.0 Å². The van der Waals surface area contributed by atoms with E-state index < -0.39 is 11.7 Å². The number of hydrogen-bond donors (Lipinski definition) is 0. The predicted octanol–water partition coefficient (Wildman–Crippen LogP) is 5.61. The summed E-state index contributed by atoms with van der Waals surface area (Å²) in [5.74, 6) is 1.28. The molecule has 0 fully saturated rings. The number of halogens is 3. The fourth-order valence-electron chi connectivity index (χ4n) is 2.87. The van der Waals surface area contributed by atoms with Gasteiger partial charge in [0.1, 0.15) is 11.6 Å². The third-order valence-electron chi connectivity index (χ3n) is 4.10. The summed E-state index contributed by atoms with van der Waals surface area (Å²) in [5.41, 5.74) is 1.43. The molecule has 2 aromatic heterocycles. The normalized spacial score (nSPS) is 12.1. The Hall–Kier alpha value is -3.41. The number of nitrogens with zero attached hydrogens (tertiary/aromatic N) is 3. The van der Waals surface area contributed by atoms with Crippen LogP contribution in [0.3, 0.4) is 0 Å². The molecule has 27 heavy (non-hydrogen) atoms. The molecular weight excluding hydrogens is 351 g/mol. The Labute approximate surface area is 153 Å². The highest BCUT2D eigenvalue weighted by Crippen LogP contribution is 2.30. The van der Waals surface area contributed by atoms with Gasteiger partial charge in [0.15, 0.2) is 0 Å². The Bertz CT molecular complexity index is 1110. The van der Waals surface area contributed by atoms with Crippen LogP contribution in [0.4, 0.5) is 13.2 Å². The van der Waals surface area contributed by atoms with Gasteiger partial charge >= 0.3 is 6.18 Å². The van der Waals surface area contributed by atoms with Gasteiger partial charge in [-0.15, -0.1) is 0 Å². The maximum absolute atomic E-state index is 12.9. The van der Waals surface area contributed by atoms with Crippen molar-refractivity contribution in [2.45, 2.75) is 6.18 Å². The van der Waals surface area contributed by atoms with E-state index in [1.54, 1.807) is 24.4 Å². The van der Waals surface area contributed by atoms with Gasteiger partial charge in [-0.2, -0.15) is 13.2 Å². The molecule has 0 atom stereocenters. The lowest BCUT2D eigenvalue weighted by molar-refractivity contribution is -0.137. The second-order valence-electron chi connectivity index (χ2n) is 5.94. The molecule has 0 bridgehead atoms. The third kappa shape index (κ3) is 3.46. The predicted molar refractivity (Wildman–Crippen MR) is 99.2 cm³/mol. The molecule has 6 heteroatoms. The van der Waals surface area contributed by atoms with E-state index >= 15 is 0 Å². The van der Waals surface area contributed by atoms with Crippen molar-refractivity contribution in [1.29, 1.82) is 0 Å². The highest BCUT2D eigenvalue weighted by Gasteiger charge is 2.30. The summed E-state index contributed by atoms with van der Waals surface area (Å²) in [7, 11) is 0. The minimum atomic E-state index is -4.37. The molecule has 0 unspecified atom stereocenters. The van der Waals surface area contributed by atoms with Crippen molar-refractivity contribution < 1.29 is 13.2 Å². The molecule has 4 rings (SSSR count). The molecule has 0 spiro atoms. The van der Waals surface area contributed by atoms with Crippen molar-refractivity contribution in [2.24, 2.45) is 0 Å². The van der Waals surface area contributed by atoms with Crippen LogP contribution < -0.4 is 0 Å². The zero-order chi connectivity index (χ0) is 18.9. The quantitative estimate of drug-likeness (QED) is 0.472. The van der Waals surface area contributed by atoms with Gasteiger partial charge < -0.3 is 0 Å². The molecule has 4 aromatic rings. The Morgan fingerprint density at radius 3 is 2.44 bits per heavy atom. The number of hydrogen-bond acceptors (Lipinski definition) is 2. The number of fused-ring (bicyclic) bond motifs is 1. The van der Waals surface area contributed by atoms with Crippen LogP contribution in [-0.2, 0) is 6.18 Å². The van der Waals surface area contributed by atoms with Crippen LogP contribution in [0.1, 0.15) is 17.0 Å². The van der Waals surface area contributed by atoms with E-state index in [9.17, 15) is 13.2 Å². The van der Waals surface area contributed by atoms with Crippen LogP contribution in [0.5, 0.6) is 0 Å². The molecule has 2 heterocycles. The molecule has 0 N–H and O–H groups in total. The molecule has 0 saturated carbocycles. The first-order valence-electron chi connectivity index (χ1n) is 8.26. The SMILES string of the molecule is FC(F)(F)c1cccc(/C=C/c2nc3ccccc3n2-c2ccccn2)c1. The number of imidazole rings is 1. The second-order valence-corrected chi connectivity index (χ2v) is 5.94. The lowest BCUT2D eigenvalue weighted by Gasteiger charge is -2.07. The standard InChI is InChI=1S/C21H14F3N3/c22-21(23,24)16-7-5-6-15(14-16)11-12-20-26-17-8-1-2-9-18(17)27(20)19-10-3-4-13-25-19/h1-14H/b12-11+. The fraction of sp³-hybridized carbons (Fsp3) is 0.0476. The van der Waals surface area contributed by atoms with Gasteiger partial charge in [0, 0.05) is 6.20 Å². The van der Waals surface area contributed by atoms with Crippen LogP contribution >= 0.6 is 0 Å². The number of para-hydroxylation sites is 2. The van der Waals surface area contributed by atoms with Gasteiger partial charge in [-0.25, -0.2) is 9.97 Å². The topological polar surface area (TPSA) is 30.7 Å². The number of benzene rings is 2. The number of pyridine rings is 1. The summed E-state index contributed by atoms with van der Waals surface area (Å²) in [5, 5.41) is 0. The van der Waals surface area contributed by atoms with E-state index in [0.717, 1.165) is 23.2 Å². The van der Waals surface area contributed by atoms with Crippen LogP contribution in [0.15, 0.2) is 72.9 Å². The fourth-order valence-corrected chi connectivity index (χ4v) is 2.87. The van der Waals surface area contributed by atoms with Gasteiger partial charge in [0.2, 0.25) is 0 Å². The van der Waals surface area contributed by atoms with E-state index in [0.29, 0.717) is 17.2 Å². The minimum absolute atomic E-state index is 0.449. The van der Waals surface area contributed by atoms with Crippen molar-refractivity contribution in [1.82, 2.24) is 14.5 Å². The van der Waals surface area contributed by atoms with E-state index in [1.165, 1.54) is 6.07 Å². The molecule has 0 saturated heterocycles. The van der Waals surface area contributed by atoms with Gasteiger partial charge in [-0.3, -0.25) is 4.57 Å². The largest absolute Gasteiger partial charge is 0.416 e. The molecule has 0 aliphatic rings. The van der Waals surface area contributed by atoms with E-state index in [4.69, 9.17) is 0 Å². The maximum Gasteiger partial charge on any atom is 0.416 e. The summed E-state index contributed by atoms with van der Waals surface area (Å²) < 4.78 is 40.6. The highest BCUT2D eigenvalue weighted by atomic mass is 19.4. The second kappa shape index (κ2) is 6.72. The maximum atomic E-state index is 12.9. The first kappa shape index (κ1) is 17.0. The first-order chi connectivity index (χ1) is 13.0. The van der Waals surface area contributed by atoms with Crippen molar-refractivity contribution in [3.63, 3.8) is 0 Å². The zero-order valence-electron chi connectivity index (χ0n) is 14.1.